The average Bonchev–Trinajstić information content (AvgIpc) is 2.60. The Balaban J connectivity index is 2.22. The van der Waals surface area contributed by atoms with Gasteiger partial charge in [0.1, 0.15) is 12.4 Å². The Morgan fingerprint density at radius 1 is 0.957 bits per heavy atom. The molecule has 0 saturated carbocycles. The number of hydrogen-bond acceptors (Lipinski definition) is 5. The number of esters is 2. The Morgan fingerprint density at radius 2 is 1.70 bits per heavy atom. The van der Waals surface area contributed by atoms with Crippen molar-refractivity contribution in [2.75, 3.05) is 14.2 Å². The fraction of sp³-hybridized carbons (Fsp3) is 0.222. The van der Waals surface area contributed by atoms with Crippen LogP contribution in [0, 0.1) is 0 Å². The molecular formula is C18H18O5. The lowest BCUT2D eigenvalue weighted by atomic mass is 10.1. The van der Waals surface area contributed by atoms with E-state index in [9.17, 15) is 9.59 Å². The molecule has 0 amide bonds. The standard InChI is InChI=1S/C18H18O5/c1-21-17(19)11-15-10-14(18(20)22-2)8-9-16(15)23-12-13-6-4-3-5-7-13/h3-10H,11-12H2,1-2H3. The Kier molecular flexibility index (Phi) is 5.74. The Labute approximate surface area is 134 Å². The molecule has 0 aliphatic rings. The zero-order chi connectivity index (χ0) is 16.7. The van der Waals surface area contributed by atoms with E-state index in [0.29, 0.717) is 23.5 Å². The fourth-order valence-electron chi connectivity index (χ4n) is 2.07. The first-order chi connectivity index (χ1) is 11.1. The van der Waals surface area contributed by atoms with E-state index < -0.39 is 11.9 Å². The van der Waals surface area contributed by atoms with Crippen LogP contribution in [0.5, 0.6) is 5.75 Å². The summed E-state index contributed by atoms with van der Waals surface area (Å²) in [5.74, 6) is -0.339. The second kappa shape index (κ2) is 7.98. The van der Waals surface area contributed by atoms with Crippen LogP contribution in [0.1, 0.15) is 21.5 Å². The van der Waals surface area contributed by atoms with E-state index in [1.54, 1.807) is 18.2 Å². The molecule has 0 atom stereocenters. The third-order valence-electron chi connectivity index (χ3n) is 3.28. The molecule has 0 spiro atoms. The number of rotatable bonds is 6. The monoisotopic (exact) mass is 314 g/mol. The molecule has 0 aromatic heterocycles. The third-order valence-corrected chi connectivity index (χ3v) is 3.28. The summed E-state index contributed by atoms with van der Waals surface area (Å²) in [5, 5.41) is 0. The van der Waals surface area contributed by atoms with Crippen LogP contribution < -0.4 is 4.74 Å². The zero-order valence-electron chi connectivity index (χ0n) is 13.1. The molecule has 0 radical (unpaired) electrons. The van der Waals surface area contributed by atoms with E-state index in [1.165, 1.54) is 14.2 Å². The minimum Gasteiger partial charge on any atom is -0.489 e. The summed E-state index contributed by atoms with van der Waals surface area (Å²) in [6.07, 6.45) is 0.0193. The number of methoxy groups -OCH3 is 2. The smallest absolute Gasteiger partial charge is 0.337 e. The molecule has 0 heterocycles. The van der Waals surface area contributed by atoms with Gasteiger partial charge in [0.2, 0.25) is 0 Å². The maximum absolute atomic E-state index is 11.6. The topological polar surface area (TPSA) is 61.8 Å². The SMILES string of the molecule is COC(=O)Cc1cc(C(=O)OC)ccc1OCc1ccccc1. The van der Waals surface area contributed by atoms with Crippen molar-refractivity contribution in [3.63, 3.8) is 0 Å². The molecule has 0 aliphatic heterocycles. The second-order valence-corrected chi connectivity index (χ2v) is 4.84. The first-order valence-electron chi connectivity index (χ1n) is 7.09. The van der Waals surface area contributed by atoms with Crippen LogP contribution in [0.15, 0.2) is 48.5 Å². The molecule has 0 saturated heterocycles. The highest BCUT2D eigenvalue weighted by atomic mass is 16.5. The quantitative estimate of drug-likeness (QED) is 0.767. The Hall–Kier alpha value is -2.82. The maximum atomic E-state index is 11.6. The molecule has 2 aromatic carbocycles. The van der Waals surface area contributed by atoms with Gasteiger partial charge in [0.15, 0.2) is 0 Å². The molecular weight excluding hydrogens is 296 g/mol. The van der Waals surface area contributed by atoms with Gasteiger partial charge in [-0.3, -0.25) is 4.79 Å². The minimum absolute atomic E-state index is 0.0193. The lowest BCUT2D eigenvalue weighted by Gasteiger charge is -2.12. The largest absolute Gasteiger partial charge is 0.489 e. The van der Waals surface area contributed by atoms with E-state index in [4.69, 9.17) is 9.47 Å². The second-order valence-electron chi connectivity index (χ2n) is 4.84. The molecule has 5 nitrogen and oxygen atoms in total. The molecule has 2 aromatic rings. The van der Waals surface area contributed by atoms with Crippen molar-refractivity contribution >= 4 is 11.9 Å². The van der Waals surface area contributed by atoms with Crippen molar-refractivity contribution in [1.29, 1.82) is 0 Å². The number of ether oxygens (including phenoxy) is 3. The first kappa shape index (κ1) is 16.5. The van der Waals surface area contributed by atoms with Gasteiger partial charge >= 0.3 is 11.9 Å². The summed E-state index contributed by atoms with van der Waals surface area (Å²) >= 11 is 0. The summed E-state index contributed by atoms with van der Waals surface area (Å²) in [6, 6.07) is 14.5. The van der Waals surface area contributed by atoms with Crippen LogP contribution in [0.4, 0.5) is 0 Å². The summed E-state index contributed by atoms with van der Waals surface area (Å²) in [6.45, 7) is 0.368. The highest BCUT2D eigenvalue weighted by molar-refractivity contribution is 5.90. The summed E-state index contributed by atoms with van der Waals surface area (Å²) in [4.78, 5) is 23.2. The van der Waals surface area contributed by atoms with Gasteiger partial charge in [-0.05, 0) is 23.8 Å². The molecule has 0 bridgehead atoms. The number of hydrogen-bond donors (Lipinski definition) is 0. The highest BCUT2D eigenvalue weighted by Gasteiger charge is 2.14. The summed E-state index contributed by atoms with van der Waals surface area (Å²) in [5.41, 5.74) is 1.95. The molecule has 0 aliphatic carbocycles. The van der Waals surface area contributed by atoms with Crippen LogP contribution >= 0.6 is 0 Å². The van der Waals surface area contributed by atoms with Crippen LogP contribution in [0.3, 0.4) is 0 Å². The van der Waals surface area contributed by atoms with Crippen molar-refractivity contribution in [3.05, 3.63) is 65.2 Å². The first-order valence-corrected chi connectivity index (χ1v) is 7.09. The summed E-state index contributed by atoms with van der Waals surface area (Å²) in [7, 11) is 2.62. The van der Waals surface area contributed by atoms with E-state index in [1.807, 2.05) is 30.3 Å². The number of benzene rings is 2. The van der Waals surface area contributed by atoms with E-state index >= 15 is 0 Å². The van der Waals surface area contributed by atoms with Crippen LogP contribution in [0.2, 0.25) is 0 Å². The minimum atomic E-state index is -0.467. The van der Waals surface area contributed by atoms with E-state index in [0.717, 1.165) is 5.56 Å². The predicted molar refractivity (Wildman–Crippen MR) is 84.3 cm³/mol. The van der Waals surface area contributed by atoms with E-state index in [2.05, 4.69) is 4.74 Å². The van der Waals surface area contributed by atoms with Crippen molar-refractivity contribution < 1.29 is 23.8 Å². The lowest BCUT2D eigenvalue weighted by molar-refractivity contribution is -0.139. The van der Waals surface area contributed by atoms with Gasteiger partial charge in [0.25, 0.3) is 0 Å². The van der Waals surface area contributed by atoms with Crippen molar-refractivity contribution in [1.82, 2.24) is 0 Å². The van der Waals surface area contributed by atoms with Gasteiger partial charge < -0.3 is 14.2 Å². The van der Waals surface area contributed by atoms with Gasteiger partial charge in [-0.1, -0.05) is 30.3 Å². The molecule has 120 valence electrons. The maximum Gasteiger partial charge on any atom is 0.337 e. The predicted octanol–water partition coefficient (Wildman–Crippen LogP) is 2.77. The number of carbonyl (C=O) groups is 2. The van der Waals surface area contributed by atoms with Gasteiger partial charge in [-0.25, -0.2) is 4.79 Å². The fourth-order valence-corrected chi connectivity index (χ4v) is 2.07. The van der Waals surface area contributed by atoms with E-state index in [-0.39, 0.29) is 6.42 Å². The molecule has 0 unspecified atom stereocenters. The van der Waals surface area contributed by atoms with Crippen molar-refractivity contribution in [3.8, 4) is 5.75 Å². The molecule has 23 heavy (non-hydrogen) atoms. The zero-order valence-corrected chi connectivity index (χ0v) is 13.1. The van der Waals surface area contributed by atoms with Crippen molar-refractivity contribution in [2.45, 2.75) is 13.0 Å². The Bertz CT molecular complexity index is 679. The normalized spacial score (nSPS) is 10.0. The van der Waals surface area contributed by atoms with Gasteiger partial charge in [-0.15, -0.1) is 0 Å². The number of carbonyl (C=O) groups excluding carboxylic acids is 2. The highest BCUT2D eigenvalue weighted by Crippen LogP contribution is 2.23. The molecule has 0 fully saturated rings. The summed E-state index contributed by atoms with van der Waals surface area (Å²) < 4.78 is 15.2. The van der Waals surface area contributed by atoms with Crippen LogP contribution in [-0.4, -0.2) is 26.2 Å². The third kappa shape index (κ3) is 4.57. The molecule has 0 N–H and O–H groups in total. The van der Waals surface area contributed by atoms with Gasteiger partial charge in [0.05, 0.1) is 26.2 Å². The van der Waals surface area contributed by atoms with Crippen molar-refractivity contribution in [2.24, 2.45) is 0 Å². The molecule has 2 rings (SSSR count). The Morgan fingerprint density at radius 3 is 2.35 bits per heavy atom. The molecule has 5 heteroatoms. The van der Waals surface area contributed by atoms with Gasteiger partial charge in [-0.2, -0.15) is 0 Å². The average molecular weight is 314 g/mol. The lowest BCUT2D eigenvalue weighted by Crippen LogP contribution is -2.09. The van der Waals surface area contributed by atoms with Crippen LogP contribution in [-0.2, 0) is 27.3 Å². The van der Waals surface area contributed by atoms with Crippen LogP contribution in [0.25, 0.3) is 0 Å². The van der Waals surface area contributed by atoms with Gasteiger partial charge in [0, 0.05) is 5.56 Å².